The Kier molecular flexibility index (Phi) is 3.46. The second kappa shape index (κ2) is 4.09. The maximum absolute atomic E-state index is 11.1. The van der Waals surface area contributed by atoms with Crippen molar-refractivity contribution in [2.24, 2.45) is 0 Å². The van der Waals surface area contributed by atoms with E-state index in [1.165, 1.54) is 0 Å². The molecule has 80 valence electrons. The largest absolute Gasteiger partial charge is 0.388 e. The van der Waals surface area contributed by atoms with Crippen LogP contribution in [0.4, 0.5) is 4.79 Å². The van der Waals surface area contributed by atoms with Crippen LogP contribution >= 0.6 is 25.3 Å². The number of piperidine rings is 1. The smallest absolute Gasteiger partial charge is 0.281 e. The van der Waals surface area contributed by atoms with Gasteiger partial charge >= 0.3 is 0 Å². The standard InChI is InChI=1S/C7H11NO4S2/c9-4-2-1-3-8(6(11)14)7(4,12)5(10)13/h4,9,12H,1-3H2,(H,10,13)(H,11,14). The first-order valence-corrected chi connectivity index (χ1v) is 4.94. The predicted octanol–water partition coefficient (Wildman–Crippen LogP) is -0.362. The van der Waals surface area contributed by atoms with Crippen LogP contribution in [0.25, 0.3) is 0 Å². The molecular formula is C7H11NO4S2. The van der Waals surface area contributed by atoms with E-state index in [9.17, 15) is 19.8 Å². The summed E-state index contributed by atoms with van der Waals surface area (Å²) in [6.45, 7) is 0.183. The van der Waals surface area contributed by atoms with Crippen molar-refractivity contribution in [2.45, 2.75) is 24.7 Å². The topological polar surface area (TPSA) is 77.8 Å². The Balaban J connectivity index is 3.03. The number of thiol groups is 2. The van der Waals surface area contributed by atoms with Crippen LogP contribution in [-0.4, -0.2) is 43.8 Å². The van der Waals surface area contributed by atoms with E-state index >= 15 is 0 Å². The van der Waals surface area contributed by atoms with Crippen LogP contribution in [0.5, 0.6) is 0 Å². The Morgan fingerprint density at radius 2 is 2.00 bits per heavy atom. The van der Waals surface area contributed by atoms with Crippen molar-refractivity contribution < 1.29 is 19.8 Å². The molecule has 1 fully saturated rings. The van der Waals surface area contributed by atoms with Crippen LogP contribution in [0.15, 0.2) is 0 Å². The third-order valence-electron chi connectivity index (χ3n) is 2.28. The maximum atomic E-state index is 11.1. The van der Waals surface area contributed by atoms with Crippen LogP contribution in [-0.2, 0) is 4.79 Å². The van der Waals surface area contributed by atoms with Gasteiger partial charge in [0.05, 0.1) is 0 Å². The molecule has 2 atom stereocenters. The number of amides is 1. The van der Waals surface area contributed by atoms with Gasteiger partial charge in [-0.15, -0.1) is 12.6 Å². The third kappa shape index (κ3) is 1.77. The molecule has 2 unspecified atom stereocenters. The normalized spacial score (nSPS) is 32.9. The number of carbonyl (C=O) groups excluding carboxylic acids is 2. The summed E-state index contributed by atoms with van der Waals surface area (Å²) in [6.07, 6.45) is -0.547. The van der Waals surface area contributed by atoms with E-state index in [1.54, 1.807) is 0 Å². The summed E-state index contributed by atoms with van der Waals surface area (Å²) in [7, 11) is 0. The highest BCUT2D eigenvalue weighted by Crippen LogP contribution is 2.29. The minimum atomic E-state index is -2.24. The summed E-state index contributed by atoms with van der Waals surface area (Å²) >= 11 is 6.98. The average Bonchev–Trinajstić information content (AvgIpc) is 2.08. The van der Waals surface area contributed by atoms with Gasteiger partial charge in [-0.3, -0.25) is 14.5 Å². The molecule has 7 heteroatoms. The van der Waals surface area contributed by atoms with Crippen molar-refractivity contribution in [1.82, 2.24) is 4.90 Å². The van der Waals surface area contributed by atoms with Gasteiger partial charge in [0.15, 0.2) is 0 Å². The fourth-order valence-corrected chi connectivity index (χ4v) is 2.02. The first-order valence-electron chi connectivity index (χ1n) is 4.05. The zero-order chi connectivity index (χ0) is 10.9. The zero-order valence-electron chi connectivity index (χ0n) is 7.25. The minimum absolute atomic E-state index is 0.183. The molecule has 0 bridgehead atoms. The third-order valence-corrected chi connectivity index (χ3v) is 2.85. The number of carbonyl (C=O) groups is 2. The van der Waals surface area contributed by atoms with Gasteiger partial charge in [-0.1, -0.05) is 12.6 Å². The molecule has 0 aromatic rings. The van der Waals surface area contributed by atoms with E-state index in [1.807, 2.05) is 0 Å². The van der Waals surface area contributed by atoms with Crippen LogP contribution in [0, 0.1) is 0 Å². The Bertz CT molecular complexity index is 272. The lowest BCUT2D eigenvalue weighted by Gasteiger charge is -2.42. The molecule has 1 heterocycles. The first-order chi connectivity index (χ1) is 6.40. The minimum Gasteiger partial charge on any atom is -0.388 e. The van der Waals surface area contributed by atoms with Crippen molar-refractivity contribution in [3.63, 3.8) is 0 Å². The van der Waals surface area contributed by atoms with Gasteiger partial charge in [-0.05, 0) is 12.8 Å². The highest BCUT2D eigenvalue weighted by atomic mass is 32.1. The Morgan fingerprint density at radius 1 is 1.43 bits per heavy atom. The number of hydrogen-bond donors (Lipinski definition) is 4. The lowest BCUT2D eigenvalue weighted by Crippen LogP contribution is -2.64. The highest BCUT2D eigenvalue weighted by molar-refractivity contribution is 7.97. The average molecular weight is 237 g/mol. The number of rotatable bonds is 1. The number of hydrogen-bond acceptors (Lipinski definition) is 4. The molecule has 5 nitrogen and oxygen atoms in total. The van der Waals surface area contributed by atoms with Gasteiger partial charge in [0, 0.05) is 6.54 Å². The van der Waals surface area contributed by atoms with Crippen LogP contribution in [0.2, 0.25) is 0 Å². The van der Waals surface area contributed by atoms with E-state index in [2.05, 4.69) is 25.3 Å². The zero-order valence-corrected chi connectivity index (χ0v) is 9.04. The molecule has 0 aliphatic carbocycles. The predicted molar refractivity (Wildman–Crippen MR) is 55.3 cm³/mol. The molecule has 0 aromatic carbocycles. The van der Waals surface area contributed by atoms with Gasteiger partial charge in [0.1, 0.15) is 6.10 Å². The van der Waals surface area contributed by atoms with Gasteiger partial charge in [-0.2, -0.15) is 0 Å². The lowest BCUT2D eigenvalue weighted by atomic mass is 9.96. The van der Waals surface area contributed by atoms with Crippen LogP contribution in [0.3, 0.4) is 0 Å². The summed E-state index contributed by atoms with van der Waals surface area (Å²) in [4.78, 5) is 22.9. The van der Waals surface area contributed by atoms with E-state index < -0.39 is 22.2 Å². The van der Waals surface area contributed by atoms with Crippen molar-refractivity contribution >= 4 is 35.6 Å². The van der Waals surface area contributed by atoms with Crippen LogP contribution < -0.4 is 0 Å². The highest BCUT2D eigenvalue weighted by Gasteiger charge is 2.50. The van der Waals surface area contributed by atoms with Gasteiger partial charge in [0.2, 0.25) is 10.8 Å². The number of nitrogens with zero attached hydrogens (tertiary/aromatic N) is 1. The molecule has 0 radical (unpaired) electrons. The molecule has 14 heavy (non-hydrogen) atoms. The van der Waals surface area contributed by atoms with E-state index in [0.717, 1.165) is 4.90 Å². The quantitative estimate of drug-likeness (QED) is 0.470. The lowest BCUT2D eigenvalue weighted by molar-refractivity contribution is -0.179. The number of aliphatic hydroxyl groups excluding tert-OH is 1. The molecule has 1 aliphatic heterocycles. The fraction of sp³-hybridized carbons (Fsp3) is 0.714. The number of likely N-dealkylation sites (tertiary alicyclic amines) is 1. The van der Waals surface area contributed by atoms with Crippen molar-refractivity contribution in [3.05, 3.63) is 0 Å². The summed E-state index contributed by atoms with van der Waals surface area (Å²) in [5.41, 5.74) is -2.24. The van der Waals surface area contributed by atoms with Crippen molar-refractivity contribution in [3.8, 4) is 0 Å². The van der Waals surface area contributed by atoms with Gasteiger partial charge in [0.25, 0.3) is 5.24 Å². The van der Waals surface area contributed by atoms with E-state index in [-0.39, 0.29) is 13.0 Å². The molecule has 1 aliphatic rings. The molecule has 1 rings (SSSR count). The van der Waals surface area contributed by atoms with Crippen molar-refractivity contribution in [1.29, 1.82) is 0 Å². The summed E-state index contributed by atoms with van der Waals surface area (Å²) < 4.78 is 0. The molecule has 0 saturated carbocycles. The number of aliphatic hydroxyl groups is 2. The molecule has 2 N–H and O–H groups in total. The monoisotopic (exact) mass is 237 g/mol. The van der Waals surface area contributed by atoms with Crippen LogP contribution in [0.1, 0.15) is 12.8 Å². The van der Waals surface area contributed by atoms with Gasteiger partial charge < -0.3 is 10.2 Å². The second-order valence-electron chi connectivity index (χ2n) is 3.12. The summed E-state index contributed by atoms with van der Waals surface area (Å²) in [5, 5.41) is 17.6. The maximum Gasteiger partial charge on any atom is 0.281 e. The Morgan fingerprint density at radius 3 is 2.36 bits per heavy atom. The molecule has 0 aromatic heterocycles. The van der Waals surface area contributed by atoms with Gasteiger partial charge in [-0.25, -0.2) is 0 Å². The molecule has 1 saturated heterocycles. The van der Waals surface area contributed by atoms with Crippen molar-refractivity contribution in [2.75, 3.05) is 6.54 Å². The molecule has 0 spiro atoms. The fourth-order valence-electron chi connectivity index (χ4n) is 1.49. The first kappa shape index (κ1) is 11.8. The summed E-state index contributed by atoms with van der Waals surface area (Å²) in [5.74, 6) is 0. The molecule has 1 amide bonds. The van der Waals surface area contributed by atoms with E-state index in [4.69, 9.17) is 0 Å². The second-order valence-corrected chi connectivity index (χ2v) is 3.91. The van der Waals surface area contributed by atoms with E-state index in [0.29, 0.717) is 6.42 Å². The molecular weight excluding hydrogens is 226 g/mol. The Hall–Kier alpha value is -0.240. The Labute approximate surface area is 91.9 Å². The summed E-state index contributed by atoms with van der Waals surface area (Å²) in [6, 6.07) is 0. The SMILES string of the molecule is O=C(S)N1CCCC(O)C1(O)C(=O)S.